The molecule has 27 heavy (non-hydrogen) atoms. The Bertz CT molecular complexity index is 893. The number of hydrogen-bond acceptors (Lipinski definition) is 6. The van der Waals surface area contributed by atoms with Gasteiger partial charge < -0.3 is 14.4 Å². The molecule has 1 aromatic carbocycles. The van der Waals surface area contributed by atoms with Gasteiger partial charge in [0.05, 0.1) is 22.4 Å². The summed E-state index contributed by atoms with van der Waals surface area (Å²) in [7, 11) is -3.88. The summed E-state index contributed by atoms with van der Waals surface area (Å²) in [5.74, 6) is -0.107. The summed E-state index contributed by atoms with van der Waals surface area (Å²) in [5.41, 5.74) is 0.521. The van der Waals surface area contributed by atoms with Gasteiger partial charge in [-0.3, -0.25) is 0 Å². The van der Waals surface area contributed by atoms with Gasteiger partial charge >= 0.3 is 5.97 Å². The van der Waals surface area contributed by atoms with E-state index in [9.17, 15) is 13.2 Å². The maximum atomic E-state index is 12.7. The first kappa shape index (κ1) is 18.7. The standard InChI is InChI=1S/C18H21ClN2O5S/c19-14-10-15-16(9-13(14)18(22)26-11-12-5-4-8-25-12)27(23,24)20-17-6-2-1-3-7-21(15)17/h9-10,12H,1-8,11H2/t12-/m1/s1. The number of nitrogens with zero attached hydrogens (tertiary/aromatic N) is 2. The normalized spacial score (nSPS) is 23.8. The van der Waals surface area contributed by atoms with E-state index in [0.29, 0.717) is 31.1 Å². The number of halogens is 1. The Labute approximate surface area is 163 Å². The number of carbonyl (C=O) groups excluding carboxylic acids is 1. The molecule has 3 aliphatic heterocycles. The van der Waals surface area contributed by atoms with Crippen LogP contribution in [-0.2, 0) is 19.5 Å². The molecule has 0 N–H and O–H groups in total. The van der Waals surface area contributed by atoms with Crippen LogP contribution in [0.25, 0.3) is 0 Å². The number of fused-ring (bicyclic) bond motifs is 3. The van der Waals surface area contributed by atoms with E-state index in [-0.39, 0.29) is 28.2 Å². The molecule has 0 saturated carbocycles. The number of ether oxygens (including phenoxy) is 2. The SMILES string of the molecule is O=C(OC[C@H]1CCCO1)c1cc2c(cc1Cl)N1CCCCCC1=NS2(=O)=O. The third-order valence-electron chi connectivity index (χ3n) is 5.08. The molecule has 0 unspecified atom stereocenters. The van der Waals surface area contributed by atoms with Gasteiger partial charge in [-0.25, -0.2) is 4.79 Å². The average Bonchev–Trinajstić information content (AvgIpc) is 3.04. The predicted octanol–water partition coefficient (Wildman–Crippen LogP) is 3.16. The first-order chi connectivity index (χ1) is 13.0. The molecule has 0 aromatic heterocycles. The molecular formula is C18H21ClN2O5S. The first-order valence-electron chi connectivity index (χ1n) is 9.19. The minimum absolute atomic E-state index is 0.00150. The highest BCUT2D eigenvalue weighted by Gasteiger charge is 2.33. The van der Waals surface area contributed by atoms with E-state index in [1.54, 1.807) is 0 Å². The molecule has 4 rings (SSSR count). The lowest BCUT2D eigenvalue weighted by Crippen LogP contribution is -2.35. The molecule has 0 spiro atoms. The van der Waals surface area contributed by atoms with Gasteiger partial charge in [0.25, 0.3) is 10.0 Å². The van der Waals surface area contributed by atoms with Gasteiger partial charge in [-0.2, -0.15) is 8.42 Å². The lowest BCUT2D eigenvalue weighted by Gasteiger charge is -2.30. The molecule has 1 atom stereocenters. The highest BCUT2D eigenvalue weighted by atomic mass is 35.5. The molecule has 0 bridgehead atoms. The Morgan fingerprint density at radius 2 is 2.15 bits per heavy atom. The van der Waals surface area contributed by atoms with Crippen LogP contribution < -0.4 is 4.90 Å². The minimum Gasteiger partial charge on any atom is -0.459 e. The number of carbonyl (C=O) groups is 1. The Hall–Kier alpha value is -1.64. The summed E-state index contributed by atoms with van der Waals surface area (Å²) >= 11 is 6.32. The fraction of sp³-hybridized carbons (Fsp3) is 0.556. The van der Waals surface area contributed by atoms with Crippen molar-refractivity contribution < 1.29 is 22.7 Å². The summed E-state index contributed by atoms with van der Waals surface area (Å²) in [5, 5.41) is 0.173. The fourth-order valence-electron chi connectivity index (χ4n) is 3.68. The highest BCUT2D eigenvalue weighted by molar-refractivity contribution is 7.90. The van der Waals surface area contributed by atoms with Crippen LogP contribution in [0.2, 0.25) is 5.02 Å². The average molecular weight is 413 g/mol. The molecule has 9 heteroatoms. The van der Waals surface area contributed by atoms with Gasteiger partial charge in [0.1, 0.15) is 17.3 Å². The van der Waals surface area contributed by atoms with Crippen molar-refractivity contribution in [3.8, 4) is 0 Å². The first-order valence-corrected chi connectivity index (χ1v) is 11.0. The second kappa shape index (κ2) is 7.41. The topological polar surface area (TPSA) is 85.3 Å². The zero-order valence-corrected chi connectivity index (χ0v) is 16.4. The molecule has 1 aromatic rings. The lowest BCUT2D eigenvalue weighted by molar-refractivity contribution is 0.0161. The van der Waals surface area contributed by atoms with Gasteiger partial charge in [-0.1, -0.05) is 18.0 Å². The summed E-state index contributed by atoms with van der Waals surface area (Å²) in [6.07, 6.45) is 5.15. The fourth-order valence-corrected chi connectivity index (χ4v) is 5.18. The van der Waals surface area contributed by atoms with Crippen LogP contribution in [0.3, 0.4) is 0 Å². The monoisotopic (exact) mass is 412 g/mol. The van der Waals surface area contributed by atoms with Crippen molar-refractivity contribution in [3.63, 3.8) is 0 Å². The summed E-state index contributed by atoms with van der Waals surface area (Å²) in [6, 6.07) is 2.83. The van der Waals surface area contributed by atoms with Crippen LogP contribution in [-0.4, -0.2) is 46.1 Å². The van der Waals surface area contributed by atoms with Crippen molar-refractivity contribution in [1.29, 1.82) is 0 Å². The third kappa shape index (κ3) is 3.70. The van der Waals surface area contributed by atoms with Crippen LogP contribution in [0.4, 0.5) is 5.69 Å². The van der Waals surface area contributed by atoms with E-state index in [1.165, 1.54) is 12.1 Å². The van der Waals surface area contributed by atoms with Gasteiger partial charge in [0.15, 0.2) is 0 Å². The summed E-state index contributed by atoms with van der Waals surface area (Å²) in [6.45, 7) is 1.48. The Balaban J connectivity index is 1.65. The molecule has 0 aliphatic carbocycles. The number of esters is 1. The second-order valence-corrected chi connectivity index (χ2v) is 8.96. The van der Waals surface area contributed by atoms with Gasteiger partial charge in [0.2, 0.25) is 0 Å². The Morgan fingerprint density at radius 1 is 1.30 bits per heavy atom. The molecule has 146 valence electrons. The van der Waals surface area contributed by atoms with Crippen molar-refractivity contribution >= 4 is 39.1 Å². The van der Waals surface area contributed by atoms with Crippen molar-refractivity contribution in [3.05, 3.63) is 22.7 Å². The third-order valence-corrected chi connectivity index (χ3v) is 6.73. The second-order valence-electron chi connectivity index (χ2n) is 6.98. The molecule has 7 nitrogen and oxygen atoms in total. The summed E-state index contributed by atoms with van der Waals surface area (Å²) < 4.78 is 40.0. The largest absolute Gasteiger partial charge is 0.459 e. The van der Waals surface area contributed by atoms with E-state index in [0.717, 1.165) is 32.1 Å². The van der Waals surface area contributed by atoms with E-state index in [1.807, 2.05) is 4.90 Å². The van der Waals surface area contributed by atoms with Crippen molar-refractivity contribution in [1.82, 2.24) is 0 Å². The number of benzene rings is 1. The molecule has 3 aliphatic rings. The number of anilines is 1. The van der Waals surface area contributed by atoms with E-state index < -0.39 is 16.0 Å². The number of rotatable bonds is 3. The maximum absolute atomic E-state index is 12.7. The minimum atomic E-state index is -3.88. The van der Waals surface area contributed by atoms with E-state index in [2.05, 4.69) is 4.40 Å². The zero-order valence-electron chi connectivity index (χ0n) is 14.8. The number of amidine groups is 1. The van der Waals surface area contributed by atoms with Crippen molar-refractivity contribution in [2.45, 2.75) is 49.5 Å². The zero-order chi connectivity index (χ0) is 19.0. The molecule has 2 fully saturated rings. The van der Waals surface area contributed by atoms with Gasteiger partial charge in [-0.15, -0.1) is 4.40 Å². The molecule has 0 radical (unpaired) electrons. The van der Waals surface area contributed by atoms with Crippen LogP contribution in [0.15, 0.2) is 21.4 Å². The van der Waals surface area contributed by atoms with E-state index in [4.69, 9.17) is 21.1 Å². The molecule has 2 saturated heterocycles. The molecule has 0 amide bonds. The Morgan fingerprint density at radius 3 is 2.93 bits per heavy atom. The van der Waals surface area contributed by atoms with Crippen molar-refractivity contribution in [2.24, 2.45) is 4.40 Å². The lowest BCUT2D eigenvalue weighted by atomic mass is 10.1. The molecular weight excluding hydrogens is 392 g/mol. The van der Waals surface area contributed by atoms with Gasteiger partial charge in [-0.05, 0) is 37.8 Å². The highest BCUT2D eigenvalue weighted by Crippen LogP contribution is 2.38. The molecule has 3 heterocycles. The summed E-state index contributed by atoms with van der Waals surface area (Å²) in [4.78, 5) is 14.4. The van der Waals surface area contributed by atoms with Crippen molar-refractivity contribution in [2.75, 3.05) is 24.7 Å². The smallest absolute Gasteiger partial charge is 0.339 e. The Kier molecular flexibility index (Phi) is 5.13. The van der Waals surface area contributed by atoms with E-state index >= 15 is 0 Å². The maximum Gasteiger partial charge on any atom is 0.339 e. The van der Waals surface area contributed by atoms with Crippen LogP contribution in [0, 0.1) is 0 Å². The van der Waals surface area contributed by atoms with Gasteiger partial charge in [0, 0.05) is 19.6 Å². The number of hydrogen-bond donors (Lipinski definition) is 0. The predicted molar refractivity (Wildman–Crippen MR) is 101 cm³/mol. The number of sulfonamides is 1. The van der Waals surface area contributed by atoms with Crippen LogP contribution in [0.1, 0.15) is 48.9 Å². The van der Waals surface area contributed by atoms with Crippen LogP contribution in [0.5, 0.6) is 0 Å². The quantitative estimate of drug-likeness (QED) is 0.709. The van der Waals surface area contributed by atoms with Crippen LogP contribution >= 0.6 is 11.6 Å².